The Morgan fingerprint density at radius 2 is 1.74 bits per heavy atom. The number of aromatic nitrogens is 2. The van der Waals surface area contributed by atoms with Crippen LogP contribution in [0.1, 0.15) is 54.5 Å². The molecule has 2 aliphatic rings. The number of carbonyl (C=O) groups is 2. The Labute approximate surface area is 248 Å². The van der Waals surface area contributed by atoms with Gasteiger partial charge in [0.1, 0.15) is 6.04 Å². The van der Waals surface area contributed by atoms with Crippen LogP contribution in [0.4, 0.5) is 4.79 Å². The zero-order valence-corrected chi connectivity index (χ0v) is 24.3. The van der Waals surface area contributed by atoms with E-state index in [1.54, 1.807) is 11.2 Å². The number of carbonyl (C=O) groups excluding carboxylic acids is 2. The fourth-order valence-corrected chi connectivity index (χ4v) is 5.96. The van der Waals surface area contributed by atoms with Gasteiger partial charge < -0.3 is 20.1 Å². The van der Waals surface area contributed by atoms with Crippen molar-refractivity contribution in [1.29, 1.82) is 5.26 Å². The van der Waals surface area contributed by atoms with E-state index in [-0.39, 0.29) is 18.0 Å². The summed E-state index contributed by atoms with van der Waals surface area (Å²) in [7, 11) is 0. The third kappa shape index (κ3) is 7.98. The van der Waals surface area contributed by atoms with Gasteiger partial charge in [-0.15, -0.1) is 0 Å². The summed E-state index contributed by atoms with van der Waals surface area (Å²) < 4.78 is 2.06. The number of rotatable bonds is 10. The van der Waals surface area contributed by atoms with Crippen molar-refractivity contribution in [2.24, 2.45) is 0 Å². The molecule has 9 nitrogen and oxygen atoms in total. The second-order valence-corrected chi connectivity index (χ2v) is 11.4. The summed E-state index contributed by atoms with van der Waals surface area (Å²) in [6.45, 7) is 3.75. The Morgan fingerprint density at radius 3 is 2.50 bits per heavy atom. The monoisotopic (exact) mass is 567 g/mol. The highest BCUT2D eigenvalue weighted by atomic mass is 16.2. The molecule has 1 atom stereocenters. The van der Waals surface area contributed by atoms with Crippen LogP contribution in [0.25, 0.3) is 0 Å². The van der Waals surface area contributed by atoms with Gasteiger partial charge in [-0.25, -0.2) is 9.78 Å². The first-order chi connectivity index (χ1) is 20.6. The molecular weight excluding hydrogens is 526 g/mol. The van der Waals surface area contributed by atoms with Crippen LogP contribution in [0.3, 0.4) is 0 Å². The van der Waals surface area contributed by atoms with Crippen molar-refractivity contribution in [1.82, 2.24) is 30.0 Å². The van der Waals surface area contributed by atoms with E-state index in [2.05, 4.69) is 55.4 Å². The molecule has 1 saturated heterocycles. The SMILES string of the molecule is N#Cc1ccc(Cn2cncc2CCNC(=O)C2CN(CCc3ccccc3)CCN2C(=O)NC2CCCCC2)cc1. The molecule has 0 spiro atoms. The molecule has 42 heavy (non-hydrogen) atoms. The smallest absolute Gasteiger partial charge is 0.318 e. The summed E-state index contributed by atoms with van der Waals surface area (Å²) in [5, 5.41) is 15.4. The summed E-state index contributed by atoms with van der Waals surface area (Å²) in [6.07, 6.45) is 10.7. The standard InChI is InChI=1S/C33H41N7O2/c34-21-27-11-13-28(14-12-27)23-39-25-35-22-30(39)15-17-36-32(41)31-24-38(18-16-26-7-3-1-4-8-26)19-20-40(31)33(42)37-29-9-5-2-6-10-29/h1,3-4,7-8,11-14,22,25,29,31H,2,5-6,9-10,15-20,23-24H2,(H,36,41)(H,37,42). The lowest BCUT2D eigenvalue weighted by Crippen LogP contribution is -2.63. The van der Waals surface area contributed by atoms with Gasteiger partial charge >= 0.3 is 6.03 Å². The van der Waals surface area contributed by atoms with Crippen LogP contribution in [0, 0.1) is 11.3 Å². The molecule has 1 aliphatic heterocycles. The van der Waals surface area contributed by atoms with Gasteiger partial charge in [-0.3, -0.25) is 9.69 Å². The molecule has 0 radical (unpaired) electrons. The highest BCUT2D eigenvalue weighted by Crippen LogP contribution is 2.19. The fourth-order valence-electron chi connectivity index (χ4n) is 5.96. The van der Waals surface area contributed by atoms with Crippen molar-refractivity contribution in [2.75, 3.05) is 32.7 Å². The van der Waals surface area contributed by atoms with Crippen LogP contribution in [-0.2, 0) is 24.2 Å². The van der Waals surface area contributed by atoms with Crippen LogP contribution in [0.15, 0.2) is 67.1 Å². The molecule has 220 valence electrons. The number of imidazole rings is 1. The number of hydrogen-bond acceptors (Lipinski definition) is 5. The third-order valence-corrected chi connectivity index (χ3v) is 8.44. The maximum atomic E-state index is 13.6. The molecule has 0 bridgehead atoms. The first kappa shape index (κ1) is 29.3. The Kier molecular flexibility index (Phi) is 10.2. The number of nitrogens with one attached hydrogen (secondary N) is 2. The normalized spacial score (nSPS) is 17.9. The minimum absolute atomic E-state index is 0.114. The number of urea groups is 1. The summed E-state index contributed by atoms with van der Waals surface area (Å²) in [5.74, 6) is -0.114. The number of nitriles is 1. The lowest BCUT2D eigenvalue weighted by molar-refractivity contribution is -0.127. The zero-order valence-electron chi connectivity index (χ0n) is 24.3. The second kappa shape index (κ2) is 14.6. The lowest BCUT2D eigenvalue weighted by atomic mass is 9.95. The maximum absolute atomic E-state index is 13.6. The van der Waals surface area contributed by atoms with Crippen LogP contribution < -0.4 is 10.6 Å². The largest absolute Gasteiger partial charge is 0.354 e. The topological polar surface area (TPSA) is 106 Å². The van der Waals surface area contributed by atoms with Gasteiger partial charge in [-0.2, -0.15) is 5.26 Å². The maximum Gasteiger partial charge on any atom is 0.318 e. The van der Waals surface area contributed by atoms with E-state index in [0.717, 1.165) is 56.5 Å². The highest BCUT2D eigenvalue weighted by Gasteiger charge is 2.36. The molecular formula is C33H41N7O2. The van der Waals surface area contributed by atoms with Crippen molar-refractivity contribution < 1.29 is 9.59 Å². The Balaban J connectivity index is 1.19. The van der Waals surface area contributed by atoms with E-state index in [0.29, 0.717) is 38.2 Å². The molecule has 1 saturated carbocycles. The molecule has 3 aromatic rings. The molecule has 2 aromatic carbocycles. The predicted octanol–water partition coefficient (Wildman–Crippen LogP) is 3.73. The molecule has 3 amide bonds. The first-order valence-corrected chi connectivity index (χ1v) is 15.2. The van der Waals surface area contributed by atoms with E-state index in [9.17, 15) is 9.59 Å². The van der Waals surface area contributed by atoms with Gasteiger partial charge in [-0.05, 0) is 42.5 Å². The molecule has 1 aliphatic carbocycles. The van der Waals surface area contributed by atoms with Gasteiger partial charge in [0.05, 0.1) is 18.0 Å². The van der Waals surface area contributed by atoms with E-state index >= 15 is 0 Å². The Bertz CT molecular complexity index is 1340. The number of hydrogen-bond donors (Lipinski definition) is 2. The Morgan fingerprint density at radius 1 is 0.952 bits per heavy atom. The van der Waals surface area contributed by atoms with Crippen LogP contribution in [-0.4, -0.2) is 76.1 Å². The minimum atomic E-state index is -0.540. The van der Waals surface area contributed by atoms with Crippen molar-refractivity contribution in [3.63, 3.8) is 0 Å². The van der Waals surface area contributed by atoms with E-state index < -0.39 is 6.04 Å². The van der Waals surface area contributed by atoms with E-state index in [1.807, 2.05) is 36.5 Å². The van der Waals surface area contributed by atoms with Gasteiger partial charge in [0.25, 0.3) is 0 Å². The van der Waals surface area contributed by atoms with E-state index in [1.165, 1.54) is 12.0 Å². The minimum Gasteiger partial charge on any atom is -0.354 e. The molecule has 5 rings (SSSR count). The molecule has 2 fully saturated rings. The van der Waals surface area contributed by atoms with Crippen molar-refractivity contribution in [3.05, 3.63) is 89.5 Å². The van der Waals surface area contributed by atoms with Crippen molar-refractivity contribution in [3.8, 4) is 6.07 Å². The average molecular weight is 568 g/mol. The first-order valence-electron chi connectivity index (χ1n) is 15.2. The molecule has 9 heteroatoms. The third-order valence-electron chi connectivity index (χ3n) is 8.44. The van der Waals surface area contributed by atoms with Gasteiger partial charge in [0.15, 0.2) is 0 Å². The number of amides is 3. The summed E-state index contributed by atoms with van der Waals surface area (Å²) in [6, 6.07) is 19.6. The van der Waals surface area contributed by atoms with Gasteiger partial charge in [0.2, 0.25) is 5.91 Å². The average Bonchev–Trinajstić information content (AvgIpc) is 3.47. The quantitative estimate of drug-likeness (QED) is 0.388. The van der Waals surface area contributed by atoms with Gasteiger partial charge in [0, 0.05) is 63.6 Å². The Hall–Kier alpha value is -4.16. The fraction of sp³-hybridized carbons (Fsp3) is 0.455. The summed E-state index contributed by atoms with van der Waals surface area (Å²) in [5.41, 5.74) is 4.00. The van der Waals surface area contributed by atoms with Gasteiger partial charge in [-0.1, -0.05) is 61.7 Å². The summed E-state index contributed by atoms with van der Waals surface area (Å²) >= 11 is 0. The molecule has 1 unspecified atom stereocenters. The van der Waals surface area contributed by atoms with Crippen LogP contribution >= 0.6 is 0 Å². The number of piperazine rings is 1. The summed E-state index contributed by atoms with van der Waals surface area (Å²) in [4.78, 5) is 35.3. The molecule has 2 heterocycles. The highest BCUT2D eigenvalue weighted by molar-refractivity contribution is 5.87. The molecule has 2 N–H and O–H groups in total. The van der Waals surface area contributed by atoms with Crippen LogP contribution in [0.5, 0.6) is 0 Å². The number of benzene rings is 2. The lowest BCUT2D eigenvalue weighted by Gasteiger charge is -2.41. The van der Waals surface area contributed by atoms with E-state index in [4.69, 9.17) is 5.26 Å². The molecule has 1 aromatic heterocycles. The predicted molar refractivity (Wildman–Crippen MR) is 162 cm³/mol. The van der Waals surface area contributed by atoms with Crippen molar-refractivity contribution in [2.45, 2.75) is 63.6 Å². The number of nitrogens with zero attached hydrogens (tertiary/aromatic N) is 5. The van der Waals surface area contributed by atoms with Crippen molar-refractivity contribution >= 4 is 11.9 Å². The second-order valence-electron chi connectivity index (χ2n) is 11.4. The zero-order chi connectivity index (χ0) is 29.1. The van der Waals surface area contributed by atoms with Crippen LogP contribution in [0.2, 0.25) is 0 Å².